The lowest BCUT2D eigenvalue weighted by Gasteiger charge is -2.24. The molecule has 0 spiro atoms. The lowest BCUT2D eigenvalue weighted by atomic mass is 10.0. The first-order valence-corrected chi connectivity index (χ1v) is 10.5. The highest BCUT2D eigenvalue weighted by Gasteiger charge is 2.29. The minimum atomic E-state index is -3.79. The van der Waals surface area contributed by atoms with Crippen molar-refractivity contribution in [3.05, 3.63) is 0 Å². The van der Waals surface area contributed by atoms with Crippen molar-refractivity contribution in [1.29, 1.82) is 0 Å². The van der Waals surface area contributed by atoms with E-state index in [1.807, 2.05) is 0 Å². The van der Waals surface area contributed by atoms with E-state index < -0.39 is 35.0 Å². The van der Waals surface area contributed by atoms with Gasteiger partial charge < -0.3 is 15.3 Å². The second kappa shape index (κ2) is 13.1. The summed E-state index contributed by atoms with van der Waals surface area (Å²) in [5.41, 5.74) is 0. The van der Waals surface area contributed by atoms with E-state index in [1.165, 1.54) is 38.5 Å². The van der Waals surface area contributed by atoms with Crippen LogP contribution in [-0.2, 0) is 14.3 Å². The van der Waals surface area contributed by atoms with E-state index in [1.54, 1.807) is 0 Å². The Morgan fingerprint density at radius 1 is 0.913 bits per heavy atom. The maximum atomic E-state index is 11.0. The van der Waals surface area contributed by atoms with Gasteiger partial charge in [-0.2, -0.15) is 8.42 Å². The van der Waals surface area contributed by atoms with Gasteiger partial charge >= 0.3 is 0 Å². The Hall–Kier alpha value is -0.210. The molecule has 0 unspecified atom stereocenters. The second-order valence-corrected chi connectivity index (χ2v) is 7.80. The van der Waals surface area contributed by atoms with Crippen LogP contribution in [0.3, 0.4) is 0 Å². The van der Waals surface area contributed by atoms with Crippen LogP contribution in [0.2, 0.25) is 0 Å². The standard InChI is InChI=1S/C16H34O6S/c1-3-4-5-6-7-8-9-10-11-12-14(18)16(19)15(13-17)22-23(2,20)21/h14-19H,3-13H2,1-2H3/t14-,15-,16-/m1/s1. The number of hydrogen-bond donors (Lipinski definition) is 3. The normalized spacial score (nSPS) is 16.2. The highest BCUT2D eigenvalue weighted by molar-refractivity contribution is 7.86. The summed E-state index contributed by atoms with van der Waals surface area (Å²) in [7, 11) is -3.79. The molecule has 140 valence electrons. The average Bonchev–Trinajstić information content (AvgIpc) is 2.49. The van der Waals surface area contributed by atoms with Gasteiger partial charge in [0.1, 0.15) is 12.2 Å². The van der Waals surface area contributed by atoms with Gasteiger partial charge in [-0.3, -0.25) is 4.18 Å². The monoisotopic (exact) mass is 354 g/mol. The zero-order chi connectivity index (χ0) is 17.7. The molecular formula is C16H34O6S. The molecule has 0 amide bonds. The second-order valence-electron chi connectivity index (χ2n) is 6.20. The van der Waals surface area contributed by atoms with Crippen molar-refractivity contribution in [3.63, 3.8) is 0 Å². The number of aliphatic hydroxyl groups excluding tert-OH is 3. The van der Waals surface area contributed by atoms with Gasteiger partial charge in [0.2, 0.25) is 0 Å². The molecule has 7 heteroatoms. The van der Waals surface area contributed by atoms with Gasteiger partial charge in [-0.05, 0) is 6.42 Å². The van der Waals surface area contributed by atoms with Crippen molar-refractivity contribution >= 4 is 10.1 Å². The van der Waals surface area contributed by atoms with E-state index in [2.05, 4.69) is 11.1 Å². The molecule has 0 aliphatic rings. The van der Waals surface area contributed by atoms with E-state index in [0.717, 1.165) is 25.5 Å². The molecule has 3 N–H and O–H groups in total. The fraction of sp³-hybridized carbons (Fsp3) is 1.00. The smallest absolute Gasteiger partial charge is 0.264 e. The van der Waals surface area contributed by atoms with Crippen molar-refractivity contribution in [3.8, 4) is 0 Å². The molecule has 0 aliphatic heterocycles. The first-order valence-electron chi connectivity index (χ1n) is 8.67. The van der Waals surface area contributed by atoms with Gasteiger partial charge in [0.15, 0.2) is 0 Å². The van der Waals surface area contributed by atoms with E-state index in [0.29, 0.717) is 6.42 Å². The molecule has 0 aromatic carbocycles. The SMILES string of the molecule is CCCCCCCCCCC[C@@H](O)[C@@H](O)[C@@H](CO)OS(C)(=O)=O. The van der Waals surface area contributed by atoms with Crippen LogP contribution in [0.25, 0.3) is 0 Å². The van der Waals surface area contributed by atoms with Crippen molar-refractivity contribution in [2.24, 2.45) is 0 Å². The molecular weight excluding hydrogens is 320 g/mol. The van der Waals surface area contributed by atoms with Crippen molar-refractivity contribution < 1.29 is 27.9 Å². The van der Waals surface area contributed by atoms with Gasteiger partial charge in [0, 0.05) is 0 Å². The minimum Gasteiger partial charge on any atom is -0.394 e. The van der Waals surface area contributed by atoms with Crippen LogP contribution in [-0.4, -0.2) is 54.9 Å². The van der Waals surface area contributed by atoms with Crippen LogP contribution < -0.4 is 0 Å². The number of aliphatic hydroxyl groups is 3. The highest BCUT2D eigenvalue weighted by Crippen LogP contribution is 2.15. The van der Waals surface area contributed by atoms with Crippen molar-refractivity contribution in [2.45, 2.75) is 89.4 Å². The zero-order valence-electron chi connectivity index (χ0n) is 14.5. The molecule has 0 aromatic heterocycles. The van der Waals surface area contributed by atoms with Crippen molar-refractivity contribution in [1.82, 2.24) is 0 Å². The molecule has 0 saturated heterocycles. The highest BCUT2D eigenvalue weighted by atomic mass is 32.2. The molecule has 0 bridgehead atoms. The summed E-state index contributed by atoms with van der Waals surface area (Å²) in [6, 6.07) is 0. The van der Waals surface area contributed by atoms with Gasteiger partial charge in [0.05, 0.1) is 19.0 Å². The third-order valence-electron chi connectivity index (χ3n) is 3.86. The summed E-state index contributed by atoms with van der Waals surface area (Å²) in [4.78, 5) is 0. The Labute approximate surface area is 141 Å². The van der Waals surface area contributed by atoms with Crippen LogP contribution in [0, 0.1) is 0 Å². The van der Waals surface area contributed by atoms with Gasteiger partial charge in [-0.1, -0.05) is 64.7 Å². The number of unbranched alkanes of at least 4 members (excludes halogenated alkanes) is 8. The molecule has 23 heavy (non-hydrogen) atoms. The third kappa shape index (κ3) is 12.8. The Morgan fingerprint density at radius 3 is 1.83 bits per heavy atom. The van der Waals surface area contributed by atoms with Gasteiger partial charge in [-0.15, -0.1) is 0 Å². The summed E-state index contributed by atoms with van der Waals surface area (Å²) < 4.78 is 26.6. The molecule has 0 saturated carbocycles. The lowest BCUT2D eigenvalue weighted by molar-refractivity contribution is -0.0661. The molecule has 3 atom stereocenters. The predicted molar refractivity (Wildman–Crippen MR) is 90.7 cm³/mol. The maximum absolute atomic E-state index is 11.0. The third-order valence-corrected chi connectivity index (χ3v) is 4.45. The van der Waals surface area contributed by atoms with Gasteiger partial charge in [-0.25, -0.2) is 0 Å². The molecule has 0 fully saturated rings. The van der Waals surface area contributed by atoms with Gasteiger partial charge in [0.25, 0.3) is 10.1 Å². The Morgan fingerprint density at radius 2 is 1.39 bits per heavy atom. The van der Waals surface area contributed by atoms with Crippen LogP contribution in [0.4, 0.5) is 0 Å². The summed E-state index contributed by atoms with van der Waals surface area (Å²) in [6.45, 7) is 1.53. The maximum Gasteiger partial charge on any atom is 0.264 e. The van der Waals surface area contributed by atoms with Crippen molar-refractivity contribution in [2.75, 3.05) is 12.9 Å². The van der Waals surface area contributed by atoms with E-state index in [9.17, 15) is 18.6 Å². The van der Waals surface area contributed by atoms with E-state index in [4.69, 9.17) is 5.11 Å². The van der Waals surface area contributed by atoms with Crippen LogP contribution >= 0.6 is 0 Å². The van der Waals surface area contributed by atoms with E-state index >= 15 is 0 Å². The minimum absolute atomic E-state index is 0.362. The van der Waals surface area contributed by atoms with E-state index in [-0.39, 0.29) is 0 Å². The fourth-order valence-electron chi connectivity index (χ4n) is 2.50. The average molecular weight is 355 g/mol. The molecule has 6 nitrogen and oxygen atoms in total. The summed E-state index contributed by atoms with van der Waals surface area (Å²) >= 11 is 0. The number of rotatable bonds is 15. The number of hydrogen-bond acceptors (Lipinski definition) is 6. The Balaban J connectivity index is 3.81. The molecule has 0 aromatic rings. The van der Waals surface area contributed by atoms with Crippen LogP contribution in [0.15, 0.2) is 0 Å². The quantitative estimate of drug-likeness (QED) is 0.307. The largest absolute Gasteiger partial charge is 0.394 e. The zero-order valence-corrected chi connectivity index (χ0v) is 15.3. The molecule has 0 heterocycles. The lowest BCUT2D eigenvalue weighted by Crippen LogP contribution is -2.42. The summed E-state index contributed by atoms with van der Waals surface area (Å²) in [5.74, 6) is 0. The Kier molecular flexibility index (Phi) is 13.0. The molecule has 0 aliphatic carbocycles. The first-order chi connectivity index (χ1) is 10.8. The van der Waals surface area contributed by atoms with Crippen LogP contribution in [0.1, 0.15) is 71.1 Å². The summed E-state index contributed by atoms with van der Waals surface area (Å²) in [6.07, 6.45) is 7.72. The first kappa shape index (κ1) is 22.8. The fourth-order valence-corrected chi connectivity index (χ4v) is 3.13. The summed E-state index contributed by atoms with van der Waals surface area (Å²) in [5, 5.41) is 28.8. The van der Waals surface area contributed by atoms with Crippen LogP contribution in [0.5, 0.6) is 0 Å². The predicted octanol–water partition coefficient (Wildman–Crippen LogP) is 1.97. The molecule has 0 radical (unpaired) electrons. The topological polar surface area (TPSA) is 104 Å². The molecule has 0 rings (SSSR count). The Bertz CT molecular complexity index is 371.